The van der Waals surface area contributed by atoms with Crippen LogP contribution in [0.4, 0.5) is 4.39 Å². The average molecular weight is 349 g/mol. The van der Waals surface area contributed by atoms with E-state index >= 15 is 4.39 Å². The molecule has 0 spiro atoms. The SMILES string of the molecule is CC1=C2CC[C@@H]3[C@H]([C@@H](F)C[C@@]4(C)[C@H]3CC[C@]4(C)O)[C@@]2(C)CC/C1=N\O. The van der Waals surface area contributed by atoms with E-state index < -0.39 is 11.8 Å². The molecule has 0 aromatic rings. The van der Waals surface area contributed by atoms with Crippen LogP contribution >= 0.6 is 0 Å². The summed E-state index contributed by atoms with van der Waals surface area (Å²) in [6.07, 6.45) is 5.02. The summed E-state index contributed by atoms with van der Waals surface area (Å²) < 4.78 is 15.7. The van der Waals surface area contributed by atoms with Crippen LogP contribution in [0.25, 0.3) is 0 Å². The van der Waals surface area contributed by atoms with Crippen LogP contribution in [0.1, 0.15) is 72.6 Å². The van der Waals surface area contributed by atoms with Crippen LogP contribution in [0.2, 0.25) is 0 Å². The predicted octanol–water partition coefficient (Wildman–Crippen LogP) is 4.87. The minimum atomic E-state index is -0.864. The zero-order chi connectivity index (χ0) is 18.2. The maximum Gasteiger partial charge on any atom is 0.105 e. The minimum Gasteiger partial charge on any atom is -0.411 e. The van der Waals surface area contributed by atoms with Crippen LogP contribution in [0.3, 0.4) is 0 Å². The molecule has 2 N–H and O–H groups in total. The molecule has 140 valence electrons. The minimum absolute atomic E-state index is 0.0402. The quantitative estimate of drug-likeness (QED) is 0.484. The van der Waals surface area contributed by atoms with Crippen molar-refractivity contribution in [3.8, 4) is 0 Å². The molecule has 0 radical (unpaired) electrons. The van der Waals surface area contributed by atoms with E-state index in [9.17, 15) is 10.3 Å². The van der Waals surface area contributed by atoms with Gasteiger partial charge in [0.2, 0.25) is 0 Å². The fraction of sp³-hybridized carbons (Fsp3) is 0.857. The van der Waals surface area contributed by atoms with E-state index in [1.165, 1.54) is 5.57 Å². The number of allylic oxidation sites excluding steroid dienone is 2. The van der Waals surface area contributed by atoms with Gasteiger partial charge in [-0.15, -0.1) is 0 Å². The van der Waals surface area contributed by atoms with Crippen LogP contribution < -0.4 is 0 Å². The van der Waals surface area contributed by atoms with Crippen molar-refractivity contribution in [3.05, 3.63) is 11.1 Å². The summed E-state index contributed by atoms with van der Waals surface area (Å²) in [4.78, 5) is 0. The van der Waals surface area contributed by atoms with Gasteiger partial charge in [0.05, 0.1) is 11.3 Å². The van der Waals surface area contributed by atoms with Gasteiger partial charge in [-0.1, -0.05) is 24.6 Å². The van der Waals surface area contributed by atoms with E-state index in [1.54, 1.807) is 0 Å². The molecule has 25 heavy (non-hydrogen) atoms. The summed E-state index contributed by atoms with van der Waals surface area (Å²) in [6.45, 7) is 8.34. The summed E-state index contributed by atoms with van der Waals surface area (Å²) in [7, 11) is 0. The van der Waals surface area contributed by atoms with Crippen LogP contribution in [0.15, 0.2) is 16.3 Å². The fourth-order valence-corrected chi connectivity index (χ4v) is 7.40. The second kappa shape index (κ2) is 5.31. The highest BCUT2D eigenvalue weighted by molar-refractivity contribution is 6.01. The van der Waals surface area contributed by atoms with E-state index in [2.05, 4.69) is 19.0 Å². The number of rotatable bonds is 0. The van der Waals surface area contributed by atoms with Crippen molar-refractivity contribution < 1.29 is 14.7 Å². The average Bonchev–Trinajstić information content (AvgIpc) is 2.77. The third kappa shape index (κ3) is 2.09. The van der Waals surface area contributed by atoms with Gasteiger partial charge < -0.3 is 10.3 Å². The third-order valence-corrected chi connectivity index (χ3v) is 9.02. The first-order valence-electron chi connectivity index (χ1n) is 9.94. The Morgan fingerprint density at radius 2 is 1.84 bits per heavy atom. The Bertz CT molecular complexity index is 654. The normalized spacial score (nSPS) is 54.2. The zero-order valence-electron chi connectivity index (χ0n) is 16.0. The van der Waals surface area contributed by atoms with Crippen molar-refractivity contribution in [2.75, 3.05) is 0 Å². The van der Waals surface area contributed by atoms with Gasteiger partial charge in [-0.2, -0.15) is 0 Å². The van der Waals surface area contributed by atoms with Gasteiger partial charge in [-0.05, 0) is 81.6 Å². The number of oxime groups is 1. The van der Waals surface area contributed by atoms with Crippen molar-refractivity contribution >= 4 is 5.71 Å². The van der Waals surface area contributed by atoms with Crippen LogP contribution in [0.5, 0.6) is 0 Å². The molecule has 0 unspecified atom stereocenters. The lowest BCUT2D eigenvalue weighted by Gasteiger charge is -2.60. The van der Waals surface area contributed by atoms with E-state index in [0.29, 0.717) is 18.3 Å². The van der Waals surface area contributed by atoms with Gasteiger partial charge in [0.15, 0.2) is 0 Å². The van der Waals surface area contributed by atoms with Crippen LogP contribution in [0, 0.1) is 28.6 Å². The largest absolute Gasteiger partial charge is 0.411 e. The number of aliphatic hydroxyl groups is 1. The van der Waals surface area contributed by atoms with Crippen molar-refractivity contribution in [1.82, 2.24) is 0 Å². The molecule has 4 aliphatic carbocycles. The maximum atomic E-state index is 15.7. The molecule has 0 heterocycles. The molecule has 0 saturated heterocycles. The fourth-order valence-electron chi connectivity index (χ4n) is 7.40. The van der Waals surface area contributed by atoms with Crippen molar-refractivity contribution in [3.63, 3.8) is 0 Å². The van der Waals surface area contributed by atoms with Gasteiger partial charge in [0, 0.05) is 11.3 Å². The van der Waals surface area contributed by atoms with E-state index in [-0.39, 0.29) is 16.7 Å². The molecule has 4 heteroatoms. The lowest BCUT2D eigenvalue weighted by molar-refractivity contribution is -0.146. The number of fused-ring (bicyclic) bond motifs is 5. The first-order chi connectivity index (χ1) is 11.7. The second-order valence-corrected chi connectivity index (χ2v) is 9.85. The highest BCUT2D eigenvalue weighted by Crippen LogP contribution is 2.68. The summed E-state index contributed by atoms with van der Waals surface area (Å²) >= 11 is 0. The molecular formula is C21H32FNO2. The van der Waals surface area contributed by atoms with Crippen LogP contribution in [-0.4, -0.2) is 27.8 Å². The first-order valence-corrected chi connectivity index (χ1v) is 9.94. The molecule has 0 aliphatic heterocycles. The molecule has 0 bridgehead atoms. The van der Waals surface area contributed by atoms with Gasteiger partial charge in [0.25, 0.3) is 0 Å². The van der Waals surface area contributed by atoms with E-state index in [1.807, 2.05) is 13.8 Å². The van der Waals surface area contributed by atoms with Crippen molar-refractivity contribution in [2.45, 2.75) is 84.4 Å². The molecule has 0 amide bonds. The third-order valence-electron chi connectivity index (χ3n) is 9.02. The lowest BCUT2D eigenvalue weighted by Crippen LogP contribution is -2.58. The Balaban J connectivity index is 1.77. The summed E-state index contributed by atoms with van der Waals surface area (Å²) in [6, 6.07) is 0. The highest BCUT2D eigenvalue weighted by Gasteiger charge is 2.65. The number of hydrogen-bond acceptors (Lipinski definition) is 3. The summed E-state index contributed by atoms with van der Waals surface area (Å²) in [5.41, 5.74) is 2.02. The zero-order valence-corrected chi connectivity index (χ0v) is 16.0. The molecular weight excluding hydrogens is 317 g/mol. The second-order valence-electron chi connectivity index (χ2n) is 9.85. The van der Waals surface area contributed by atoms with Crippen LogP contribution in [-0.2, 0) is 0 Å². The molecule has 0 aromatic carbocycles. The molecule has 7 atom stereocenters. The Morgan fingerprint density at radius 1 is 1.12 bits per heavy atom. The van der Waals surface area contributed by atoms with Gasteiger partial charge >= 0.3 is 0 Å². The number of halogens is 1. The Kier molecular flexibility index (Phi) is 3.72. The Morgan fingerprint density at radius 3 is 2.52 bits per heavy atom. The highest BCUT2D eigenvalue weighted by atomic mass is 19.1. The van der Waals surface area contributed by atoms with Gasteiger partial charge in [-0.25, -0.2) is 4.39 Å². The smallest absolute Gasteiger partial charge is 0.105 e. The van der Waals surface area contributed by atoms with Gasteiger partial charge in [-0.3, -0.25) is 0 Å². The number of alkyl halides is 1. The van der Waals surface area contributed by atoms with E-state index in [0.717, 1.165) is 49.8 Å². The van der Waals surface area contributed by atoms with Crippen molar-refractivity contribution in [1.29, 1.82) is 0 Å². The maximum absolute atomic E-state index is 15.7. The molecule has 0 aromatic heterocycles. The topological polar surface area (TPSA) is 52.8 Å². The number of hydrogen-bond donors (Lipinski definition) is 2. The van der Waals surface area contributed by atoms with Crippen molar-refractivity contribution in [2.24, 2.45) is 33.7 Å². The molecule has 3 nitrogen and oxygen atoms in total. The molecule has 3 fully saturated rings. The van der Waals surface area contributed by atoms with Gasteiger partial charge in [0.1, 0.15) is 6.17 Å². The molecule has 4 aliphatic rings. The predicted molar refractivity (Wildman–Crippen MR) is 96.4 cm³/mol. The Hall–Kier alpha value is -0.900. The molecule has 3 saturated carbocycles. The Labute approximate surface area is 150 Å². The molecule has 4 rings (SSSR count). The standard InChI is InChI=1S/C21H32FNO2/c1-12-14-6-5-13-15-7-10-21(4,24)20(15,3)11-16(22)18(13)19(14,2)9-8-17(12)23-25/h13,15-16,18,24-25H,5-11H2,1-4H3/b23-17+/t13-,15-,16-,18+,19-,20-,21-/m0/s1. The summed E-state index contributed by atoms with van der Waals surface area (Å²) in [5.74, 6) is 0.821. The van der Waals surface area contributed by atoms with E-state index in [4.69, 9.17) is 0 Å². The lowest BCUT2D eigenvalue weighted by atomic mass is 9.45. The summed E-state index contributed by atoms with van der Waals surface area (Å²) in [5, 5.41) is 23.7. The first kappa shape index (κ1) is 17.5. The monoisotopic (exact) mass is 349 g/mol. The number of nitrogens with zero attached hydrogens (tertiary/aromatic N) is 1.